The minimum atomic E-state index is -0.946. The van der Waals surface area contributed by atoms with Crippen molar-refractivity contribution in [2.45, 2.75) is 0 Å². The number of rotatable bonds is 3. The maximum Gasteiger partial charge on any atom is 0.335 e. The Hall–Kier alpha value is -2.42. The second-order valence-electron chi connectivity index (χ2n) is 3.63. The van der Waals surface area contributed by atoms with E-state index in [0.29, 0.717) is 5.56 Å². The van der Waals surface area contributed by atoms with E-state index in [9.17, 15) is 9.59 Å². The summed E-state index contributed by atoms with van der Waals surface area (Å²) in [6.07, 6.45) is 0.787. The third kappa shape index (κ3) is 2.39. The summed E-state index contributed by atoms with van der Waals surface area (Å²) < 4.78 is 0. The molecule has 0 amide bonds. The standard InChI is InChI=1S/C14H10O3/c15-9-10-2-1-3-13(8-10)11-4-6-12(7-5-11)14(16)17/h1-9H,(H,16,17). The molecule has 0 radical (unpaired) electrons. The number of carbonyl (C=O) groups is 2. The molecule has 0 atom stereocenters. The summed E-state index contributed by atoms with van der Waals surface area (Å²) in [7, 11) is 0. The lowest BCUT2D eigenvalue weighted by Gasteiger charge is -2.02. The zero-order chi connectivity index (χ0) is 12.3. The summed E-state index contributed by atoms with van der Waals surface area (Å²) in [5, 5.41) is 8.78. The third-order valence-corrected chi connectivity index (χ3v) is 2.49. The van der Waals surface area contributed by atoms with Crippen molar-refractivity contribution in [1.82, 2.24) is 0 Å². The number of hydrogen-bond donors (Lipinski definition) is 1. The minimum Gasteiger partial charge on any atom is -0.478 e. The van der Waals surface area contributed by atoms with E-state index in [2.05, 4.69) is 0 Å². The van der Waals surface area contributed by atoms with E-state index in [1.165, 1.54) is 0 Å². The molecule has 2 rings (SSSR count). The molecule has 3 nitrogen and oxygen atoms in total. The number of carbonyl (C=O) groups excluding carboxylic acids is 1. The molecular weight excluding hydrogens is 216 g/mol. The highest BCUT2D eigenvalue weighted by atomic mass is 16.4. The van der Waals surface area contributed by atoms with Crippen molar-refractivity contribution in [2.24, 2.45) is 0 Å². The van der Waals surface area contributed by atoms with Gasteiger partial charge in [-0.05, 0) is 29.3 Å². The number of hydrogen-bond acceptors (Lipinski definition) is 2. The van der Waals surface area contributed by atoms with Crippen LogP contribution in [0.1, 0.15) is 20.7 Å². The van der Waals surface area contributed by atoms with E-state index in [-0.39, 0.29) is 5.56 Å². The van der Waals surface area contributed by atoms with Gasteiger partial charge in [-0.1, -0.05) is 30.3 Å². The van der Waals surface area contributed by atoms with Gasteiger partial charge >= 0.3 is 5.97 Å². The molecule has 2 aromatic carbocycles. The van der Waals surface area contributed by atoms with Crippen LogP contribution < -0.4 is 0 Å². The molecule has 0 unspecified atom stereocenters. The van der Waals surface area contributed by atoms with Crippen LogP contribution in [0.3, 0.4) is 0 Å². The quantitative estimate of drug-likeness (QED) is 0.819. The number of aldehydes is 1. The van der Waals surface area contributed by atoms with Crippen LogP contribution in [0.2, 0.25) is 0 Å². The van der Waals surface area contributed by atoms with Crippen LogP contribution in [0.4, 0.5) is 0 Å². The van der Waals surface area contributed by atoms with Gasteiger partial charge in [0.15, 0.2) is 0 Å². The SMILES string of the molecule is O=Cc1cccc(-c2ccc(C(=O)O)cc2)c1. The molecule has 0 bridgehead atoms. The van der Waals surface area contributed by atoms with Gasteiger partial charge in [0.25, 0.3) is 0 Å². The number of carboxylic acids is 1. The molecule has 3 heteroatoms. The van der Waals surface area contributed by atoms with E-state index in [4.69, 9.17) is 5.11 Å². The van der Waals surface area contributed by atoms with Gasteiger partial charge in [0.05, 0.1) is 5.56 Å². The Kier molecular flexibility index (Phi) is 3.01. The van der Waals surface area contributed by atoms with Crippen LogP contribution >= 0.6 is 0 Å². The Morgan fingerprint density at radius 3 is 2.29 bits per heavy atom. The predicted molar refractivity (Wildman–Crippen MR) is 64.2 cm³/mol. The topological polar surface area (TPSA) is 54.4 Å². The zero-order valence-corrected chi connectivity index (χ0v) is 8.96. The van der Waals surface area contributed by atoms with Gasteiger partial charge in [-0.3, -0.25) is 4.79 Å². The Morgan fingerprint density at radius 2 is 1.71 bits per heavy atom. The molecule has 0 saturated carbocycles. The molecule has 0 spiro atoms. The maximum absolute atomic E-state index is 10.7. The normalized spacial score (nSPS) is 9.88. The van der Waals surface area contributed by atoms with Crippen molar-refractivity contribution in [3.05, 3.63) is 59.7 Å². The van der Waals surface area contributed by atoms with Crippen molar-refractivity contribution >= 4 is 12.3 Å². The number of aromatic carboxylic acids is 1. The third-order valence-electron chi connectivity index (χ3n) is 2.49. The zero-order valence-electron chi connectivity index (χ0n) is 8.96. The van der Waals surface area contributed by atoms with Crippen molar-refractivity contribution in [3.8, 4) is 11.1 Å². The number of benzene rings is 2. The fourth-order valence-electron chi connectivity index (χ4n) is 1.60. The molecule has 1 N–H and O–H groups in total. The average molecular weight is 226 g/mol. The molecule has 2 aromatic rings. The fourth-order valence-corrected chi connectivity index (χ4v) is 1.60. The van der Waals surface area contributed by atoms with Crippen LogP contribution in [0.25, 0.3) is 11.1 Å². The van der Waals surface area contributed by atoms with Gasteiger partial charge in [-0.2, -0.15) is 0 Å². The summed E-state index contributed by atoms with van der Waals surface area (Å²) in [6, 6.07) is 13.7. The molecule has 0 aliphatic rings. The van der Waals surface area contributed by atoms with Crippen molar-refractivity contribution in [1.29, 1.82) is 0 Å². The molecule has 0 saturated heterocycles. The molecular formula is C14H10O3. The van der Waals surface area contributed by atoms with Crippen LogP contribution in [-0.2, 0) is 0 Å². The summed E-state index contributed by atoms with van der Waals surface area (Å²) >= 11 is 0. The molecule has 0 fully saturated rings. The van der Waals surface area contributed by atoms with Crippen molar-refractivity contribution in [2.75, 3.05) is 0 Å². The van der Waals surface area contributed by atoms with Gasteiger partial charge < -0.3 is 5.11 Å². The van der Waals surface area contributed by atoms with E-state index in [1.54, 1.807) is 42.5 Å². The molecule has 17 heavy (non-hydrogen) atoms. The van der Waals surface area contributed by atoms with Crippen molar-refractivity contribution < 1.29 is 14.7 Å². The summed E-state index contributed by atoms with van der Waals surface area (Å²) in [5.74, 6) is -0.946. The highest BCUT2D eigenvalue weighted by Crippen LogP contribution is 2.20. The molecule has 0 aliphatic heterocycles. The predicted octanol–water partition coefficient (Wildman–Crippen LogP) is 2.86. The summed E-state index contributed by atoms with van der Waals surface area (Å²) in [5.41, 5.74) is 2.63. The second kappa shape index (κ2) is 4.61. The monoisotopic (exact) mass is 226 g/mol. The molecule has 0 aromatic heterocycles. The largest absolute Gasteiger partial charge is 0.478 e. The van der Waals surface area contributed by atoms with Gasteiger partial charge in [-0.15, -0.1) is 0 Å². The lowest BCUT2D eigenvalue weighted by Crippen LogP contribution is -1.95. The Bertz CT molecular complexity index is 556. The van der Waals surface area contributed by atoms with Gasteiger partial charge in [0, 0.05) is 5.56 Å². The fraction of sp³-hybridized carbons (Fsp3) is 0. The smallest absolute Gasteiger partial charge is 0.335 e. The van der Waals surface area contributed by atoms with Crippen LogP contribution in [0, 0.1) is 0 Å². The van der Waals surface area contributed by atoms with Crippen LogP contribution in [-0.4, -0.2) is 17.4 Å². The van der Waals surface area contributed by atoms with Gasteiger partial charge in [-0.25, -0.2) is 4.79 Å². The lowest BCUT2D eigenvalue weighted by atomic mass is 10.0. The first-order valence-electron chi connectivity index (χ1n) is 5.09. The average Bonchev–Trinajstić information content (AvgIpc) is 2.39. The van der Waals surface area contributed by atoms with Crippen LogP contribution in [0.5, 0.6) is 0 Å². The second-order valence-corrected chi connectivity index (χ2v) is 3.63. The highest BCUT2D eigenvalue weighted by molar-refractivity contribution is 5.88. The van der Waals surface area contributed by atoms with E-state index < -0.39 is 5.97 Å². The first-order valence-corrected chi connectivity index (χ1v) is 5.09. The Labute approximate surface area is 98.3 Å². The van der Waals surface area contributed by atoms with E-state index >= 15 is 0 Å². The maximum atomic E-state index is 10.7. The summed E-state index contributed by atoms with van der Waals surface area (Å²) in [4.78, 5) is 21.4. The minimum absolute atomic E-state index is 0.250. The van der Waals surface area contributed by atoms with E-state index in [1.807, 2.05) is 6.07 Å². The first-order chi connectivity index (χ1) is 8.20. The Morgan fingerprint density at radius 1 is 1.00 bits per heavy atom. The highest BCUT2D eigenvalue weighted by Gasteiger charge is 2.03. The first kappa shape index (κ1) is 11.1. The van der Waals surface area contributed by atoms with E-state index in [0.717, 1.165) is 17.4 Å². The molecule has 84 valence electrons. The molecule has 0 heterocycles. The molecule has 0 aliphatic carbocycles. The summed E-state index contributed by atoms with van der Waals surface area (Å²) in [6.45, 7) is 0. The number of carboxylic acid groups (broad SMARTS) is 1. The lowest BCUT2D eigenvalue weighted by molar-refractivity contribution is 0.0696. The van der Waals surface area contributed by atoms with Crippen LogP contribution in [0.15, 0.2) is 48.5 Å². The van der Waals surface area contributed by atoms with Gasteiger partial charge in [0.1, 0.15) is 6.29 Å². The Balaban J connectivity index is 2.39. The van der Waals surface area contributed by atoms with Crippen molar-refractivity contribution in [3.63, 3.8) is 0 Å². The van der Waals surface area contributed by atoms with Gasteiger partial charge in [0.2, 0.25) is 0 Å².